The Hall–Kier alpha value is -1.56. The van der Waals surface area contributed by atoms with Crippen molar-refractivity contribution in [3.05, 3.63) is 30.1 Å². The van der Waals surface area contributed by atoms with Crippen molar-refractivity contribution in [1.29, 1.82) is 0 Å². The molecule has 0 unspecified atom stereocenters. The van der Waals surface area contributed by atoms with Crippen LogP contribution in [-0.4, -0.2) is 50.8 Å². The lowest BCUT2D eigenvalue weighted by molar-refractivity contribution is -0.132. The van der Waals surface area contributed by atoms with Crippen LogP contribution >= 0.6 is 11.8 Å². The topological polar surface area (TPSA) is 53.5 Å². The Morgan fingerprint density at radius 1 is 1.45 bits per heavy atom. The van der Waals surface area contributed by atoms with Crippen LogP contribution < -0.4 is 0 Å². The largest absolute Gasteiger partial charge is 0.332 e. The van der Waals surface area contributed by atoms with E-state index < -0.39 is 0 Å². The number of rotatable bonds is 5. The predicted molar refractivity (Wildman–Crippen MR) is 77.2 cm³/mol. The van der Waals surface area contributed by atoms with Gasteiger partial charge < -0.3 is 9.80 Å². The van der Waals surface area contributed by atoms with Crippen molar-refractivity contribution < 1.29 is 9.59 Å². The third-order valence-corrected chi connectivity index (χ3v) is 4.43. The van der Waals surface area contributed by atoms with E-state index in [0.717, 1.165) is 24.3 Å². The lowest BCUT2D eigenvalue weighted by atomic mass is 10.3. The summed E-state index contributed by atoms with van der Waals surface area (Å²) in [5.41, 5.74) is 0.898. The van der Waals surface area contributed by atoms with Gasteiger partial charge in [0.15, 0.2) is 0 Å². The molecule has 0 aromatic carbocycles. The highest BCUT2D eigenvalue weighted by Gasteiger charge is 2.34. The molecule has 2 fully saturated rings. The fraction of sp³-hybridized carbons (Fsp3) is 0.500. The van der Waals surface area contributed by atoms with Crippen LogP contribution in [0, 0.1) is 0 Å². The molecule has 5 nitrogen and oxygen atoms in total. The van der Waals surface area contributed by atoms with Crippen LogP contribution in [0.2, 0.25) is 0 Å². The van der Waals surface area contributed by atoms with Crippen molar-refractivity contribution in [1.82, 2.24) is 14.8 Å². The van der Waals surface area contributed by atoms with Crippen LogP contribution in [0.5, 0.6) is 0 Å². The third kappa shape index (κ3) is 3.12. The van der Waals surface area contributed by atoms with Crippen LogP contribution in [0.4, 0.5) is 4.79 Å². The Labute approximate surface area is 122 Å². The standard InChI is InChI=1S/C14H17N3O2S/c18-13(10-16-7-8-20-14(16)19)17(12-4-5-12)9-11-3-1-2-6-15-11/h1-3,6,12H,4-5,7-10H2. The molecule has 2 heterocycles. The van der Waals surface area contributed by atoms with Gasteiger partial charge in [-0.25, -0.2) is 0 Å². The van der Waals surface area contributed by atoms with E-state index in [4.69, 9.17) is 0 Å². The highest BCUT2D eigenvalue weighted by molar-refractivity contribution is 8.13. The highest BCUT2D eigenvalue weighted by Crippen LogP contribution is 2.28. The lowest BCUT2D eigenvalue weighted by Gasteiger charge is -2.24. The summed E-state index contributed by atoms with van der Waals surface area (Å²) < 4.78 is 0. The number of nitrogens with zero attached hydrogens (tertiary/aromatic N) is 3. The molecule has 3 rings (SSSR count). The molecule has 1 aliphatic heterocycles. The van der Waals surface area contributed by atoms with Crippen molar-refractivity contribution in [2.45, 2.75) is 25.4 Å². The maximum absolute atomic E-state index is 12.4. The molecular formula is C14H17N3O2S. The quantitative estimate of drug-likeness (QED) is 0.829. The molecule has 106 valence electrons. The smallest absolute Gasteiger partial charge is 0.282 e. The lowest BCUT2D eigenvalue weighted by Crippen LogP contribution is -2.41. The maximum Gasteiger partial charge on any atom is 0.282 e. The first-order chi connectivity index (χ1) is 9.74. The van der Waals surface area contributed by atoms with E-state index in [1.807, 2.05) is 23.1 Å². The van der Waals surface area contributed by atoms with Crippen LogP contribution in [0.3, 0.4) is 0 Å². The number of hydrogen-bond acceptors (Lipinski definition) is 4. The van der Waals surface area contributed by atoms with Crippen molar-refractivity contribution in [2.24, 2.45) is 0 Å². The Balaban J connectivity index is 1.64. The summed E-state index contributed by atoms with van der Waals surface area (Å²) in [7, 11) is 0. The molecule has 20 heavy (non-hydrogen) atoms. The van der Waals surface area contributed by atoms with Gasteiger partial charge in [-0.2, -0.15) is 0 Å². The van der Waals surface area contributed by atoms with Crippen LogP contribution in [0.25, 0.3) is 0 Å². The zero-order valence-corrected chi connectivity index (χ0v) is 12.0. The van der Waals surface area contributed by atoms with E-state index in [2.05, 4.69) is 4.98 Å². The number of aromatic nitrogens is 1. The molecule has 1 saturated heterocycles. The minimum atomic E-state index is 0.0203. The van der Waals surface area contributed by atoms with Gasteiger partial charge in [0.1, 0.15) is 6.54 Å². The van der Waals surface area contributed by atoms with Gasteiger partial charge in [-0.15, -0.1) is 0 Å². The summed E-state index contributed by atoms with van der Waals surface area (Å²) in [5.74, 6) is 0.824. The minimum Gasteiger partial charge on any atom is -0.332 e. The molecule has 6 heteroatoms. The minimum absolute atomic E-state index is 0.0203. The zero-order chi connectivity index (χ0) is 13.9. The third-order valence-electron chi connectivity index (χ3n) is 3.54. The van der Waals surface area contributed by atoms with E-state index >= 15 is 0 Å². The zero-order valence-electron chi connectivity index (χ0n) is 11.2. The molecule has 1 saturated carbocycles. The second kappa shape index (κ2) is 5.83. The van der Waals surface area contributed by atoms with E-state index in [0.29, 0.717) is 19.1 Å². The van der Waals surface area contributed by atoms with E-state index in [1.165, 1.54) is 11.8 Å². The Morgan fingerprint density at radius 2 is 2.30 bits per heavy atom. The number of amides is 2. The SMILES string of the molecule is O=C1SCCN1CC(=O)N(Cc1ccccn1)C1CC1. The van der Waals surface area contributed by atoms with Gasteiger partial charge in [0, 0.05) is 24.5 Å². The van der Waals surface area contributed by atoms with E-state index in [9.17, 15) is 9.59 Å². The number of pyridine rings is 1. The van der Waals surface area contributed by atoms with Gasteiger partial charge in [0.05, 0.1) is 12.2 Å². The van der Waals surface area contributed by atoms with Gasteiger partial charge in [-0.1, -0.05) is 17.8 Å². The molecule has 1 aliphatic carbocycles. The van der Waals surface area contributed by atoms with Crippen LogP contribution in [-0.2, 0) is 11.3 Å². The van der Waals surface area contributed by atoms with E-state index in [1.54, 1.807) is 11.1 Å². The fourth-order valence-corrected chi connectivity index (χ4v) is 3.12. The highest BCUT2D eigenvalue weighted by atomic mass is 32.2. The average molecular weight is 291 g/mol. The number of thioether (sulfide) groups is 1. The monoisotopic (exact) mass is 291 g/mol. The van der Waals surface area contributed by atoms with Crippen molar-refractivity contribution in [2.75, 3.05) is 18.8 Å². The van der Waals surface area contributed by atoms with Crippen molar-refractivity contribution in [3.63, 3.8) is 0 Å². The van der Waals surface area contributed by atoms with Gasteiger partial charge >= 0.3 is 0 Å². The second-order valence-electron chi connectivity index (χ2n) is 5.11. The molecular weight excluding hydrogens is 274 g/mol. The average Bonchev–Trinajstić information content (AvgIpc) is 3.22. The van der Waals surface area contributed by atoms with Gasteiger partial charge in [-0.05, 0) is 25.0 Å². The Bertz CT molecular complexity index is 504. The summed E-state index contributed by atoms with van der Waals surface area (Å²) >= 11 is 1.29. The molecule has 0 N–H and O–H groups in total. The van der Waals surface area contributed by atoms with Crippen molar-refractivity contribution in [3.8, 4) is 0 Å². The fourth-order valence-electron chi connectivity index (χ4n) is 2.30. The summed E-state index contributed by atoms with van der Waals surface area (Å²) in [4.78, 5) is 31.8. The molecule has 0 bridgehead atoms. The predicted octanol–water partition coefficient (Wildman–Crippen LogP) is 1.74. The number of carbonyl (C=O) groups is 2. The van der Waals surface area contributed by atoms with Gasteiger partial charge in [0.2, 0.25) is 5.91 Å². The summed E-state index contributed by atoms with van der Waals surface area (Å²) in [6.45, 7) is 1.42. The van der Waals surface area contributed by atoms with Gasteiger partial charge in [-0.3, -0.25) is 14.6 Å². The van der Waals surface area contributed by atoms with Crippen molar-refractivity contribution >= 4 is 22.9 Å². The second-order valence-corrected chi connectivity index (χ2v) is 6.16. The first-order valence-electron chi connectivity index (χ1n) is 6.85. The summed E-state index contributed by atoms with van der Waals surface area (Å²) in [6.07, 6.45) is 3.86. The normalized spacial score (nSPS) is 18.4. The number of hydrogen-bond donors (Lipinski definition) is 0. The summed E-state index contributed by atoms with van der Waals surface area (Å²) in [5, 5.41) is 0.0203. The maximum atomic E-state index is 12.4. The summed E-state index contributed by atoms with van der Waals surface area (Å²) in [6, 6.07) is 6.06. The Kier molecular flexibility index (Phi) is 3.91. The first kappa shape index (κ1) is 13.4. The molecule has 1 aromatic rings. The molecule has 0 atom stereocenters. The molecule has 2 amide bonds. The number of carbonyl (C=O) groups excluding carboxylic acids is 2. The molecule has 2 aliphatic rings. The Morgan fingerprint density at radius 3 is 2.90 bits per heavy atom. The van der Waals surface area contributed by atoms with Crippen LogP contribution in [0.15, 0.2) is 24.4 Å². The van der Waals surface area contributed by atoms with Gasteiger partial charge in [0.25, 0.3) is 5.24 Å². The molecule has 1 aromatic heterocycles. The van der Waals surface area contributed by atoms with E-state index in [-0.39, 0.29) is 17.7 Å². The van der Waals surface area contributed by atoms with Crippen LogP contribution in [0.1, 0.15) is 18.5 Å². The first-order valence-corrected chi connectivity index (χ1v) is 7.83. The molecule has 0 spiro atoms. The molecule has 0 radical (unpaired) electrons.